The molecular weight excluding hydrogens is 375 g/mol. The second-order valence-electron chi connectivity index (χ2n) is 5.56. The minimum atomic E-state index is 0. The quantitative estimate of drug-likeness (QED) is 0.344. The van der Waals surface area contributed by atoms with Crippen LogP contribution in [0.5, 0.6) is 0 Å². The first-order valence-corrected chi connectivity index (χ1v) is 7.59. The summed E-state index contributed by atoms with van der Waals surface area (Å²) in [6.07, 6.45) is 3.46. The van der Waals surface area contributed by atoms with E-state index < -0.39 is 0 Å². The van der Waals surface area contributed by atoms with Crippen LogP contribution in [0.25, 0.3) is 0 Å². The third-order valence-electron chi connectivity index (χ3n) is 3.82. The van der Waals surface area contributed by atoms with Crippen molar-refractivity contribution in [3.05, 3.63) is 30.3 Å². The van der Waals surface area contributed by atoms with Gasteiger partial charge in [0.1, 0.15) is 0 Å². The molecule has 4 nitrogen and oxygen atoms in total. The maximum absolute atomic E-state index is 6.04. The van der Waals surface area contributed by atoms with Crippen LogP contribution in [0, 0.1) is 5.92 Å². The number of likely N-dealkylation sites (tertiary alicyclic amines) is 1. The van der Waals surface area contributed by atoms with Gasteiger partial charge in [-0.1, -0.05) is 25.1 Å². The summed E-state index contributed by atoms with van der Waals surface area (Å²) in [5.41, 5.74) is 7.20. The van der Waals surface area contributed by atoms with Gasteiger partial charge in [-0.25, -0.2) is 0 Å². The van der Waals surface area contributed by atoms with Crippen LogP contribution in [0.15, 0.2) is 35.3 Å². The van der Waals surface area contributed by atoms with E-state index in [1.165, 1.54) is 12.8 Å². The van der Waals surface area contributed by atoms with Crippen molar-refractivity contribution in [3.63, 3.8) is 0 Å². The van der Waals surface area contributed by atoms with E-state index in [9.17, 15) is 0 Å². The number of anilines is 1. The van der Waals surface area contributed by atoms with Crippen LogP contribution in [0.2, 0.25) is 0 Å². The monoisotopic (exact) mass is 402 g/mol. The van der Waals surface area contributed by atoms with Gasteiger partial charge in [0.15, 0.2) is 5.96 Å². The molecule has 1 aliphatic rings. The molecule has 0 radical (unpaired) electrons. The highest BCUT2D eigenvalue weighted by atomic mass is 127. The van der Waals surface area contributed by atoms with E-state index in [0.29, 0.717) is 0 Å². The Balaban J connectivity index is 0.00000220. The van der Waals surface area contributed by atoms with Crippen LogP contribution in [-0.4, -0.2) is 37.0 Å². The summed E-state index contributed by atoms with van der Waals surface area (Å²) in [6.45, 7) is 6.13. The number of halogens is 1. The third-order valence-corrected chi connectivity index (χ3v) is 3.82. The summed E-state index contributed by atoms with van der Waals surface area (Å²) in [5, 5.41) is 3.38. The van der Waals surface area contributed by atoms with Gasteiger partial charge in [-0.3, -0.25) is 4.99 Å². The third kappa shape index (κ3) is 6.54. The molecule has 1 aromatic rings. The van der Waals surface area contributed by atoms with Gasteiger partial charge in [0.05, 0.1) is 0 Å². The molecule has 0 aromatic heterocycles. The van der Waals surface area contributed by atoms with Crippen molar-refractivity contribution in [2.24, 2.45) is 16.6 Å². The minimum Gasteiger partial charge on any atom is -0.385 e. The largest absolute Gasteiger partial charge is 0.385 e. The molecule has 1 heterocycles. The fraction of sp³-hybridized carbons (Fsp3) is 0.562. The number of hydrogen-bond acceptors (Lipinski definition) is 2. The van der Waals surface area contributed by atoms with E-state index in [2.05, 4.69) is 34.3 Å². The van der Waals surface area contributed by atoms with Gasteiger partial charge in [0.2, 0.25) is 0 Å². The molecule has 1 aliphatic heterocycles. The molecule has 0 aliphatic carbocycles. The van der Waals surface area contributed by atoms with Crippen LogP contribution >= 0.6 is 24.0 Å². The molecule has 1 fully saturated rings. The lowest BCUT2D eigenvalue weighted by atomic mass is 10.00. The summed E-state index contributed by atoms with van der Waals surface area (Å²) in [5.74, 6) is 1.55. The molecule has 0 spiro atoms. The lowest BCUT2D eigenvalue weighted by Crippen LogP contribution is -2.42. The highest BCUT2D eigenvalue weighted by Gasteiger charge is 2.16. The van der Waals surface area contributed by atoms with Crippen molar-refractivity contribution in [3.8, 4) is 0 Å². The fourth-order valence-corrected chi connectivity index (χ4v) is 2.40. The Hall–Kier alpha value is -0.980. The fourth-order valence-electron chi connectivity index (χ4n) is 2.40. The van der Waals surface area contributed by atoms with Crippen molar-refractivity contribution >= 4 is 35.6 Å². The number of benzene rings is 1. The molecule has 5 heteroatoms. The predicted octanol–water partition coefficient (Wildman–Crippen LogP) is 3.15. The Morgan fingerprint density at radius 3 is 2.62 bits per heavy atom. The molecule has 1 aromatic carbocycles. The van der Waals surface area contributed by atoms with Gasteiger partial charge in [-0.15, -0.1) is 24.0 Å². The standard InChI is InChI=1S/C16H26N4.HI/c1-14-8-12-20(13-9-14)16(17)19-11-5-10-18-15-6-3-2-4-7-15;/h2-4,6-7,14,18H,5,8-13H2,1H3,(H2,17,19);1H. The van der Waals surface area contributed by atoms with E-state index in [4.69, 9.17) is 5.73 Å². The van der Waals surface area contributed by atoms with Crippen LogP contribution in [0.4, 0.5) is 5.69 Å². The Kier molecular flexibility index (Phi) is 8.49. The Labute approximate surface area is 145 Å². The lowest BCUT2D eigenvalue weighted by molar-refractivity contribution is 0.277. The Bertz CT molecular complexity index is 414. The molecule has 0 bridgehead atoms. The van der Waals surface area contributed by atoms with Gasteiger partial charge in [0.25, 0.3) is 0 Å². The van der Waals surface area contributed by atoms with Crippen molar-refractivity contribution in [2.45, 2.75) is 26.2 Å². The van der Waals surface area contributed by atoms with E-state index in [-0.39, 0.29) is 24.0 Å². The molecule has 1 saturated heterocycles. The molecule has 3 N–H and O–H groups in total. The molecule has 0 saturated carbocycles. The number of nitrogens with one attached hydrogen (secondary N) is 1. The Morgan fingerprint density at radius 1 is 1.29 bits per heavy atom. The van der Waals surface area contributed by atoms with Gasteiger partial charge in [-0.2, -0.15) is 0 Å². The zero-order chi connectivity index (χ0) is 14.2. The van der Waals surface area contributed by atoms with E-state index in [1.54, 1.807) is 0 Å². The summed E-state index contributed by atoms with van der Waals surface area (Å²) in [4.78, 5) is 6.70. The van der Waals surface area contributed by atoms with Gasteiger partial charge < -0.3 is 16.0 Å². The summed E-state index contributed by atoms with van der Waals surface area (Å²) in [6, 6.07) is 10.3. The van der Waals surface area contributed by atoms with E-state index in [1.807, 2.05) is 18.2 Å². The van der Waals surface area contributed by atoms with Crippen molar-refractivity contribution in [1.82, 2.24) is 4.90 Å². The second-order valence-corrected chi connectivity index (χ2v) is 5.56. The highest BCUT2D eigenvalue weighted by Crippen LogP contribution is 2.15. The van der Waals surface area contributed by atoms with E-state index >= 15 is 0 Å². The number of para-hydroxylation sites is 1. The number of hydrogen-bond donors (Lipinski definition) is 2. The molecule has 21 heavy (non-hydrogen) atoms. The van der Waals surface area contributed by atoms with Gasteiger partial charge in [-0.05, 0) is 37.3 Å². The van der Waals surface area contributed by atoms with Crippen LogP contribution in [0.1, 0.15) is 26.2 Å². The highest BCUT2D eigenvalue weighted by molar-refractivity contribution is 14.0. The van der Waals surface area contributed by atoms with Crippen molar-refractivity contribution in [1.29, 1.82) is 0 Å². The first kappa shape index (κ1) is 18.1. The first-order chi connectivity index (χ1) is 9.75. The molecule has 2 rings (SSSR count). The number of guanidine groups is 1. The van der Waals surface area contributed by atoms with Crippen LogP contribution in [-0.2, 0) is 0 Å². The summed E-state index contributed by atoms with van der Waals surface area (Å²) >= 11 is 0. The molecule has 0 atom stereocenters. The number of piperidine rings is 1. The number of aliphatic imine (C=N–C) groups is 1. The number of rotatable bonds is 5. The average molecular weight is 402 g/mol. The first-order valence-electron chi connectivity index (χ1n) is 7.59. The maximum Gasteiger partial charge on any atom is 0.191 e. The number of nitrogens with two attached hydrogens (primary N) is 1. The van der Waals surface area contributed by atoms with Gasteiger partial charge in [0, 0.05) is 31.9 Å². The zero-order valence-electron chi connectivity index (χ0n) is 12.8. The van der Waals surface area contributed by atoms with Crippen LogP contribution in [0.3, 0.4) is 0 Å². The topological polar surface area (TPSA) is 53.6 Å². The summed E-state index contributed by atoms with van der Waals surface area (Å²) in [7, 11) is 0. The SMILES string of the molecule is CC1CCN(C(N)=NCCCNc2ccccc2)CC1.I. The number of nitrogens with zero attached hydrogens (tertiary/aromatic N) is 2. The lowest BCUT2D eigenvalue weighted by Gasteiger charge is -2.31. The van der Waals surface area contributed by atoms with Crippen LogP contribution < -0.4 is 11.1 Å². The molecule has 0 unspecified atom stereocenters. The summed E-state index contributed by atoms with van der Waals surface area (Å²) < 4.78 is 0. The average Bonchev–Trinajstić information content (AvgIpc) is 2.48. The van der Waals surface area contributed by atoms with Crippen molar-refractivity contribution < 1.29 is 0 Å². The molecule has 0 amide bonds. The normalized spacial score (nSPS) is 16.4. The van der Waals surface area contributed by atoms with Crippen molar-refractivity contribution in [2.75, 3.05) is 31.5 Å². The molecule has 118 valence electrons. The van der Waals surface area contributed by atoms with E-state index in [0.717, 1.165) is 50.2 Å². The second kappa shape index (κ2) is 9.87. The Morgan fingerprint density at radius 2 is 1.95 bits per heavy atom. The van der Waals surface area contributed by atoms with Gasteiger partial charge >= 0.3 is 0 Å². The minimum absolute atomic E-state index is 0. The maximum atomic E-state index is 6.04. The zero-order valence-corrected chi connectivity index (χ0v) is 15.1. The smallest absolute Gasteiger partial charge is 0.191 e. The predicted molar refractivity (Wildman–Crippen MR) is 101 cm³/mol. The molecular formula is C16H27IN4.